The predicted octanol–water partition coefficient (Wildman–Crippen LogP) is 2.98. The van der Waals surface area contributed by atoms with Crippen molar-refractivity contribution < 1.29 is 14.7 Å². The monoisotopic (exact) mass is 326 g/mol. The van der Waals surface area contributed by atoms with Gasteiger partial charge in [0.25, 0.3) is 0 Å². The molecule has 1 aliphatic rings. The van der Waals surface area contributed by atoms with Gasteiger partial charge in [-0.3, -0.25) is 4.79 Å². The summed E-state index contributed by atoms with van der Waals surface area (Å²) in [7, 11) is 0. The van der Waals surface area contributed by atoms with Crippen molar-refractivity contribution in [1.82, 2.24) is 9.47 Å². The van der Waals surface area contributed by atoms with Gasteiger partial charge in [0.2, 0.25) is 5.91 Å². The van der Waals surface area contributed by atoms with Crippen molar-refractivity contribution in [3.63, 3.8) is 0 Å². The SMILES string of the molecule is O=C(O)c1cccc([C@H]2CCCN(C(=O)CCn3cccc3)C2)c1. The fourth-order valence-corrected chi connectivity index (χ4v) is 3.30. The first kappa shape index (κ1) is 16.3. The van der Waals surface area contributed by atoms with E-state index in [2.05, 4.69) is 0 Å². The topological polar surface area (TPSA) is 62.5 Å². The Labute approximate surface area is 141 Å². The van der Waals surface area contributed by atoms with Crippen molar-refractivity contribution in [2.75, 3.05) is 13.1 Å². The third kappa shape index (κ3) is 3.85. The van der Waals surface area contributed by atoms with Gasteiger partial charge < -0.3 is 14.6 Å². The maximum Gasteiger partial charge on any atom is 0.335 e. The van der Waals surface area contributed by atoms with Crippen LogP contribution < -0.4 is 0 Å². The first-order chi connectivity index (χ1) is 11.6. The summed E-state index contributed by atoms with van der Waals surface area (Å²) in [5.41, 5.74) is 1.32. The van der Waals surface area contributed by atoms with E-state index >= 15 is 0 Å². The van der Waals surface area contributed by atoms with Gasteiger partial charge >= 0.3 is 5.97 Å². The molecule has 0 bridgehead atoms. The highest BCUT2D eigenvalue weighted by molar-refractivity contribution is 5.87. The number of rotatable bonds is 5. The summed E-state index contributed by atoms with van der Waals surface area (Å²) in [5.74, 6) is -0.524. The lowest BCUT2D eigenvalue weighted by Gasteiger charge is -2.33. The van der Waals surface area contributed by atoms with E-state index in [1.165, 1.54) is 0 Å². The summed E-state index contributed by atoms with van der Waals surface area (Å²) < 4.78 is 2.01. The van der Waals surface area contributed by atoms with Crippen molar-refractivity contribution in [3.05, 3.63) is 59.9 Å². The summed E-state index contributed by atoms with van der Waals surface area (Å²) in [6, 6.07) is 11.0. The summed E-state index contributed by atoms with van der Waals surface area (Å²) in [6.45, 7) is 2.16. The van der Waals surface area contributed by atoms with Crippen LogP contribution in [-0.2, 0) is 11.3 Å². The van der Waals surface area contributed by atoms with Gasteiger partial charge in [0.1, 0.15) is 0 Å². The van der Waals surface area contributed by atoms with E-state index in [9.17, 15) is 9.59 Å². The molecule has 1 aromatic carbocycles. The Morgan fingerprint density at radius 2 is 1.96 bits per heavy atom. The average Bonchev–Trinajstić information content (AvgIpc) is 3.13. The number of aromatic carboxylic acids is 1. The fraction of sp³-hybridized carbons (Fsp3) is 0.368. The van der Waals surface area contributed by atoms with Crippen LogP contribution in [0.15, 0.2) is 48.8 Å². The van der Waals surface area contributed by atoms with Crippen molar-refractivity contribution in [2.45, 2.75) is 31.7 Å². The molecule has 0 unspecified atom stereocenters. The Hall–Kier alpha value is -2.56. The van der Waals surface area contributed by atoms with Crippen LogP contribution in [0.3, 0.4) is 0 Å². The number of nitrogens with zero attached hydrogens (tertiary/aromatic N) is 2. The zero-order valence-corrected chi connectivity index (χ0v) is 13.6. The maximum absolute atomic E-state index is 12.5. The molecule has 1 N–H and O–H groups in total. The molecule has 1 fully saturated rings. The quantitative estimate of drug-likeness (QED) is 0.919. The molecule has 1 amide bonds. The zero-order valence-electron chi connectivity index (χ0n) is 13.6. The van der Waals surface area contributed by atoms with E-state index in [4.69, 9.17) is 5.11 Å². The van der Waals surface area contributed by atoms with Crippen LogP contribution in [0, 0.1) is 0 Å². The number of carboxylic acids is 1. The minimum Gasteiger partial charge on any atom is -0.478 e. The molecular weight excluding hydrogens is 304 g/mol. The second-order valence-corrected chi connectivity index (χ2v) is 6.28. The third-order valence-electron chi connectivity index (χ3n) is 4.63. The zero-order chi connectivity index (χ0) is 16.9. The highest BCUT2D eigenvalue weighted by atomic mass is 16.4. The number of likely N-dealkylation sites (tertiary alicyclic amines) is 1. The lowest BCUT2D eigenvalue weighted by atomic mass is 9.89. The van der Waals surface area contributed by atoms with Gasteiger partial charge in [0.15, 0.2) is 0 Å². The Bertz CT molecular complexity index is 709. The van der Waals surface area contributed by atoms with Gasteiger partial charge in [0.05, 0.1) is 5.56 Å². The average molecular weight is 326 g/mol. The van der Waals surface area contributed by atoms with Gasteiger partial charge in [-0.2, -0.15) is 0 Å². The lowest BCUT2D eigenvalue weighted by Crippen LogP contribution is -2.39. The first-order valence-corrected chi connectivity index (χ1v) is 8.35. The number of carbonyl (C=O) groups is 2. The van der Waals surface area contributed by atoms with Gasteiger partial charge in [-0.25, -0.2) is 4.79 Å². The molecule has 0 aliphatic carbocycles. The minimum absolute atomic E-state index is 0.169. The number of hydrogen-bond acceptors (Lipinski definition) is 2. The molecule has 126 valence electrons. The van der Waals surface area contributed by atoms with Crippen LogP contribution >= 0.6 is 0 Å². The molecule has 1 aromatic heterocycles. The molecule has 3 rings (SSSR count). The second kappa shape index (κ2) is 7.34. The van der Waals surface area contributed by atoms with Crippen LogP contribution in [0.25, 0.3) is 0 Å². The number of carboxylic acid groups (broad SMARTS) is 1. The number of carbonyl (C=O) groups excluding carboxylic acids is 1. The Morgan fingerprint density at radius 1 is 1.17 bits per heavy atom. The Balaban J connectivity index is 1.62. The smallest absolute Gasteiger partial charge is 0.335 e. The first-order valence-electron chi connectivity index (χ1n) is 8.35. The van der Waals surface area contributed by atoms with E-state index in [1.54, 1.807) is 18.2 Å². The molecule has 5 heteroatoms. The van der Waals surface area contributed by atoms with Crippen LogP contribution in [0.2, 0.25) is 0 Å². The van der Waals surface area contributed by atoms with Crippen LogP contribution in [0.5, 0.6) is 0 Å². The molecule has 0 radical (unpaired) electrons. The fourth-order valence-electron chi connectivity index (χ4n) is 3.30. The van der Waals surface area contributed by atoms with E-state index < -0.39 is 5.97 Å². The summed E-state index contributed by atoms with van der Waals surface area (Å²) in [5, 5.41) is 9.14. The Kier molecular flexibility index (Phi) is 4.99. The van der Waals surface area contributed by atoms with E-state index in [0.717, 1.165) is 24.9 Å². The molecule has 2 heterocycles. The minimum atomic E-state index is -0.910. The predicted molar refractivity (Wildman–Crippen MR) is 91.0 cm³/mol. The highest BCUT2D eigenvalue weighted by Crippen LogP contribution is 2.27. The molecule has 0 spiro atoms. The van der Waals surface area contributed by atoms with Crippen molar-refractivity contribution >= 4 is 11.9 Å². The van der Waals surface area contributed by atoms with E-state index in [-0.39, 0.29) is 11.8 Å². The second-order valence-electron chi connectivity index (χ2n) is 6.28. The van der Waals surface area contributed by atoms with Crippen molar-refractivity contribution in [1.29, 1.82) is 0 Å². The van der Waals surface area contributed by atoms with Gasteiger partial charge in [0, 0.05) is 44.4 Å². The van der Waals surface area contributed by atoms with Gasteiger partial charge in [-0.1, -0.05) is 12.1 Å². The standard InChI is InChI=1S/C19H22N2O3/c22-18(8-12-20-9-1-2-10-20)21-11-4-7-17(14-21)15-5-3-6-16(13-15)19(23)24/h1-3,5-6,9-10,13,17H,4,7-8,11-12,14H2,(H,23,24)/t17-/m0/s1. The summed E-state index contributed by atoms with van der Waals surface area (Å²) in [4.78, 5) is 25.5. The molecule has 0 saturated carbocycles. The number of benzene rings is 1. The van der Waals surface area contributed by atoms with Gasteiger partial charge in [-0.05, 0) is 42.7 Å². The van der Waals surface area contributed by atoms with Crippen molar-refractivity contribution in [3.8, 4) is 0 Å². The maximum atomic E-state index is 12.5. The van der Waals surface area contributed by atoms with Crippen LogP contribution in [0.4, 0.5) is 0 Å². The van der Waals surface area contributed by atoms with Crippen LogP contribution in [0.1, 0.15) is 41.1 Å². The van der Waals surface area contributed by atoms with Crippen molar-refractivity contribution in [2.24, 2.45) is 0 Å². The summed E-state index contributed by atoms with van der Waals surface area (Å²) >= 11 is 0. The molecule has 5 nitrogen and oxygen atoms in total. The summed E-state index contributed by atoms with van der Waals surface area (Å²) in [6.07, 6.45) is 6.37. The molecule has 1 saturated heterocycles. The molecule has 2 aromatic rings. The number of piperidine rings is 1. The normalized spacial score (nSPS) is 17.7. The Morgan fingerprint density at radius 3 is 2.71 bits per heavy atom. The molecule has 1 aliphatic heterocycles. The number of amides is 1. The molecule has 24 heavy (non-hydrogen) atoms. The molecule has 1 atom stereocenters. The van der Waals surface area contributed by atoms with E-state index in [0.29, 0.717) is 25.1 Å². The number of aromatic nitrogens is 1. The van der Waals surface area contributed by atoms with Gasteiger partial charge in [-0.15, -0.1) is 0 Å². The lowest BCUT2D eigenvalue weighted by molar-refractivity contribution is -0.132. The number of hydrogen-bond donors (Lipinski definition) is 1. The number of aryl methyl sites for hydroxylation is 1. The van der Waals surface area contributed by atoms with E-state index in [1.807, 2.05) is 40.1 Å². The highest BCUT2D eigenvalue weighted by Gasteiger charge is 2.25. The third-order valence-corrected chi connectivity index (χ3v) is 4.63. The van der Waals surface area contributed by atoms with Crippen LogP contribution in [-0.4, -0.2) is 39.5 Å². The molecular formula is C19H22N2O3. The largest absolute Gasteiger partial charge is 0.478 e.